The van der Waals surface area contributed by atoms with Crippen LogP contribution >= 0.6 is 0 Å². The van der Waals surface area contributed by atoms with Crippen LogP contribution in [0.3, 0.4) is 0 Å². The van der Waals surface area contributed by atoms with Crippen molar-refractivity contribution in [2.24, 2.45) is 0 Å². The van der Waals surface area contributed by atoms with Crippen molar-refractivity contribution in [2.45, 2.75) is 19.4 Å². The number of hydrogen-bond acceptors (Lipinski definition) is 3. The van der Waals surface area contributed by atoms with Gasteiger partial charge in [-0.2, -0.15) is 0 Å². The first kappa shape index (κ1) is 14.2. The van der Waals surface area contributed by atoms with Gasteiger partial charge in [0.25, 0.3) is 0 Å². The minimum absolute atomic E-state index is 0.311. The normalized spacial score (nSPS) is 14.3. The second-order valence-electron chi connectivity index (χ2n) is 4.08. The average molecular weight is 255 g/mol. The summed E-state index contributed by atoms with van der Waals surface area (Å²) >= 11 is 0. The number of nitrogens with one attached hydrogen (secondary N) is 1. The summed E-state index contributed by atoms with van der Waals surface area (Å²) in [5.41, 5.74) is 1.24. The molecule has 1 aromatic rings. The molecule has 0 aliphatic carbocycles. The summed E-state index contributed by atoms with van der Waals surface area (Å²) in [4.78, 5) is 0. The van der Waals surface area contributed by atoms with Crippen LogP contribution in [0.4, 0.5) is 0 Å². The molecule has 0 aliphatic rings. The second kappa shape index (κ2) is 7.45. The Morgan fingerprint density at radius 3 is 2.53 bits per heavy atom. The molecule has 4 heteroatoms. The molecular formula is C13H21NO2S. The molecule has 0 fully saturated rings. The van der Waals surface area contributed by atoms with Crippen LogP contribution in [-0.4, -0.2) is 29.9 Å². The van der Waals surface area contributed by atoms with Crippen molar-refractivity contribution in [1.82, 2.24) is 5.32 Å². The zero-order valence-corrected chi connectivity index (χ0v) is 11.5. The van der Waals surface area contributed by atoms with Crippen LogP contribution in [0.5, 0.6) is 5.75 Å². The average Bonchev–Trinajstić information content (AvgIpc) is 2.34. The van der Waals surface area contributed by atoms with Gasteiger partial charge in [0.05, 0.1) is 7.11 Å². The van der Waals surface area contributed by atoms with Crippen molar-refractivity contribution < 1.29 is 8.95 Å². The van der Waals surface area contributed by atoms with E-state index in [0.717, 1.165) is 24.5 Å². The summed E-state index contributed by atoms with van der Waals surface area (Å²) in [6, 6.07) is 8.37. The first-order valence-electron chi connectivity index (χ1n) is 5.81. The lowest BCUT2D eigenvalue weighted by molar-refractivity contribution is 0.414. The highest BCUT2D eigenvalue weighted by molar-refractivity contribution is 7.84. The van der Waals surface area contributed by atoms with Crippen LogP contribution in [0.25, 0.3) is 0 Å². The van der Waals surface area contributed by atoms with E-state index in [9.17, 15) is 4.21 Å². The molecule has 1 rings (SSSR count). The Bertz CT molecular complexity index is 351. The standard InChI is InChI=1S/C13H21NO2S/c1-11(14-9-4-10-17(3)15)12-5-7-13(16-2)8-6-12/h5-8,11,14H,4,9-10H2,1-3H3. The molecule has 0 saturated heterocycles. The largest absolute Gasteiger partial charge is 0.497 e. The van der Waals surface area contributed by atoms with E-state index in [1.54, 1.807) is 13.4 Å². The van der Waals surface area contributed by atoms with Gasteiger partial charge in [0.15, 0.2) is 0 Å². The Hall–Kier alpha value is -0.870. The van der Waals surface area contributed by atoms with E-state index >= 15 is 0 Å². The van der Waals surface area contributed by atoms with Gasteiger partial charge in [0.2, 0.25) is 0 Å². The Morgan fingerprint density at radius 2 is 2.00 bits per heavy atom. The van der Waals surface area contributed by atoms with E-state index in [1.165, 1.54) is 5.56 Å². The lowest BCUT2D eigenvalue weighted by Crippen LogP contribution is -2.21. The highest BCUT2D eigenvalue weighted by Gasteiger charge is 2.04. The molecule has 96 valence electrons. The fraction of sp³-hybridized carbons (Fsp3) is 0.538. The quantitative estimate of drug-likeness (QED) is 0.758. The monoisotopic (exact) mass is 255 g/mol. The van der Waals surface area contributed by atoms with Crippen molar-refractivity contribution in [3.05, 3.63) is 29.8 Å². The highest BCUT2D eigenvalue weighted by atomic mass is 32.2. The number of ether oxygens (including phenoxy) is 1. The third-order valence-corrected chi connectivity index (χ3v) is 3.54. The van der Waals surface area contributed by atoms with Crippen molar-refractivity contribution >= 4 is 10.8 Å². The van der Waals surface area contributed by atoms with Crippen LogP contribution in [0, 0.1) is 0 Å². The zero-order chi connectivity index (χ0) is 12.7. The predicted molar refractivity (Wildman–Crippen MR) is 73.0 cm³/mol. The van der Waals surface area contributed by atoms with E-state index in [4.69, 9.17) is 4.74 Å². The third kappa shape index (κ3) is 5.33. The predicted octanol–water partition coefficient (Wildman–Crippen LogP) is 2.11. The lowest BCUT2D eigenvalue weighted by Gasteiger charge is -2.14. The third-order valence-electron chi connectivity index (χ3n) is 2.67. The summed E-state index contributed by atoms with van der Waals surface area (Å²) in [5.74, 6) is 1.64. The van der Waals surface area contributed by atoms with Gasteiger partial charge in [-0.3, -0.25) is 4.21 Å². The maximum absolute atomic E-state index is 10.9. The number of benzene rings is 1. The Morgan fingerprint density at radius 1 is 1.35 bits per heavy atom. The molecular weight excluding hydrogens is 234 g/mol. The van der Waals surface area contributed by atoms with Crippen molar-refractivity contribution in [1.29, 1.82) is 0 Å². The maximum Gasteiger partial charge on any atom is 0.118 e. The summed E-state index contributed by atoms with van der Waals surface area (Å²) in [6.45, 7) is 3.03. The summed E-state index contributed by atoms with van der Waals surface area (Å²) in [7, 11) is 0.983. The van der Waals surface area contributed by atoms with Gasteiger partial charge in [-0.25, -0.2) is 0 Å². The first-order valence-corrected chi connectivity index (χ1v) is 7.53. The molecule has 0 amide bonds. The second-order valence-corrected chi connectivity index (χ2v) is 5.63. The van der Waals surface area contributed by atoms with E-state index in [1.807, 2.05) is 12.1 Å². The molecule has 2 atom stereocenters. The van der Waals surface area contributed by atoms with Gasteiger partial charge in [0, 0.05) is 28.9 Å². The van der Waals surface area contributed by atoms with Crippen molar-refractivity contribution in [2.75, 3.05) is 25.7 Å². The van der Waals surface area contributed by atoms with Gasteiger partial charge >= 0.3 is 0 Å². The summed E-state index contributed by atoms with van der Waals surface area (Å²) in [5, 5.41) is 3.42. The SMILES string of the molecule is COc1ccc(C(C)NCCCS(C)=O)cc1. The molecule has 1 aromatic carbocycles. The molecule has 0 heterocycles. The fourth-order valence-electron chi connectivity index (χ4n) is 1.60. The van der Waals surface area contributed by atoms with Crippen molar-refractivity contribution in [3.8, 4) is 5.75 Å². The fourth-order valence-corrected chi connectivity index (χ4v) is 2.16. The molecule has 0 saturated carbocycles. The minimum atomic E-state index is -0.686. The lowest BCUT2D eigenvalue weighted by atomic mass is 10.1. The van der Waals surface area contributed by atoms with Crippen LogP contribution in [0.2, 0.25) is 0 Å². The van der Waals surface area contributed by atoms with Crippen molar-refractivity contribution in [3.63, 3.8) is 0 Å². The number of rotatable bonds is 7. The molecule has 2 unspecified atom stereocenters. The Kier molecular flexibility index (Phi) is 6.22. The van der Waals surface area contributed by atoms with Crippen LogP contribution in [0.1, 0.15) is 24.9 Å². The van der Waals surface area contributed by atoms with E-state index in [0.29, 0.717) is 6.04 Å². The van der Waals surface area contributed by atoms with Gasteiger partial charge in [0.1, 0.15) is 5.75 Å². The van der Waals surface area contributed by atoms with Crippen LogP contribution in [0.15, 0.2) is 24.3 Å². The van der Waals surface area contributed by atoms with Gasteiger partial charge in [-0.1, -0.05) is 12.1 Å². The number of methoxy groups -OCH3 is 1. The zero-order valence-electron chi connectivity index (χ0n) is 10.7. The molecule has 0 aromatic heterocycles. The van der Waals surface area contributed by atoms with Gasteiger partial charge in [-0.05, 0) is 37.6 Å². The van der Waals surface area contributed by atoms with Crippen LogP contribution < -0.4 is 10.1 Å². The van der Waals surface area contributed by atoms with E-state index < -0.39 is 10.8 Å². The summed E-state index contributed by atoms with van der Waals surface area (Å²) < 4.78 is 16.0. The molecule has 0 spiro atoms. The first-order chi connectivity index (χ1) is 8.13. The highest BCUT2D eigenvalue weighted by Crippen LogP contribution is 2.16. The number of hydrogen-bond donors (Lipinski definition) is 1. The summed E-state index contributed by atoms with van der Waals surface area (Å²) in [6.07, 6.45) is 2.69. The molecule has 0 aliphatic heterocycles. The van der Waals surface area contributed by atoms with Gasteiger partial charge in [-0.15, -0.1) is 0 Å². The topological polar surface area (TPSA) is 38.3 Å². The molecule has 3 nitrogen and oxygen atoms in total. The van der Waals surface area contributed by atoms with E-state index in [-0.39, 0.29) is 0 Å². The maximum atomic E-state index is 10.9. The molecule has 17 heavy (non-hydrogen) atoms. The Labute approximate surface area is 106 Å². The van der Waals surface area contributed by atoms with Crippen LogP contribution in [-0.2, 0) is 10.8 Å². The molecule has 1 N–H and O–H groups in total. The van der Waals surface area contributed by atoms with Gasteiger partial charge < -0.3 is 10.1 Å². The molecule has 0 bridgehead atoms. The Balaban J connectivity index is 2.35. The smallest absolute Gasteiger partial charge is 0.118 e. The van der Waals surface area contributed by atoms with E-state index in [2.05, 4.69) is 24.4 Å². The molecule has 0 radical (unpaired) electrons. The minimum Gasteiger partial charge on any atom is -0.497 e.